The molecule has 0 saturated carbocycles. The van der Waals surface area contributed by atoms with E-state index in [1.54, 1.807) is 0 Å². The van der Waals surface area contributed by atoms with Crippen LogP contribution in [-0.2, 0) is 6.42 Å². The van der Waals surface area contributed by atoms with Crippen LogP contribution in [0.15, 0.2) is 46.9 Å². The van der Waals surface area contributed by atoms with Gasteiger partial charge in [0.15, 0.2) is 0 Å². The molecule has 2 N–H and O–H groups in total. The van der Waals surface area contributed by atoms with E-state index < -0.39 is 0 Å². The van der Waals surface area contributed by atoms with Gasteiger partial charge in [-0.2, -0.15) is 0 Å². The van der Waals surface area contributed by atoms with E-state index in [4.69, 9.17) is 10.2 Å². The van der Waals surface area contributed by atoms with Crippen molar-refractivity contribution >= 4 is 0 Å². The van der Waals surface area contributed by atoms with E-state index in [1.807, 2.05) is 42.5 Å². The molecule has 84 valence electrons. The van der Waals surface area contributed by atoms with Crippen LogP contribution in [0.4, 0.5) is 0 Å². The summed E-state index contributed by atoms with van der Waals surface area (Å²) in [6.45, 7) is 2.09. The van der Waals surface area contributed by atoms with Gasteiger partial charge in [0.25, 0.3) is 0 Å². The predicted molar refractivity (Wildman–Crippen MR) is 66.1 cm³/mol. The smallest absolute Gasteiger partial charge is 0.134 e. The highest BCUT2D eigenvalue weighted by Crippen LogP contribution is 2.22. The Balaban J connectivity index is 2.14. The molecule has 0 saturated heterocycles. The van der Waals surface area contributed by atoms with Gasteiger partial charge in [0.1, 0.15) is 11.5 Å². The number of nitrogens with two attached hydrogens (primary N) is 1. The lowest BCUT2D eigenvalue weighted by atomic mass is 10.1. The molecule has 0 aliphatic rings. The molecule has 0 aliphatic heterocycles. The van der Waals surface area contributed by atoms with Crippen LogP contribution in [0.1, 0.15) is 19.1 Å². The number of rotatable bonds is 4. The van der Waals surface area contributed by atoms with Gasteiger partial charge in [0.2, 0.25) is 0 Å². The molecule has 0 spiro atoms. The van der Waals surface area contributed by atoms with Crippen molar-refractivity contribution in [2.24, 2.45) is 5.73 Å². The molecule has 1 aromatic heterocycles. The molecule has 2 nitrogen and oxygen atoms in total. The van der Waals surface area contributed by atoms with E-state index in [9.17, 15) is 0 Å². The summed E-state index contributed by atoms with van der Waals surface area (Å²) in [7, 11) is 0. The Morgan fingerprint density at radius 3 is 2.56 bits per heavy atom. The summed E-state index contributed by atoms with van der Waals surface area (Å²) in [6, 6.07) is 14.3. The average Bonchev–Trinajstić information content (AvgIpc) is 2.78. The fourth-order valence-corrected chi connectivity index (χ4v) is 1.65. The SMILES string of the molecule is CCC(N)Cc1ccc(-c2ccccc2)o1. The van der Waals surface area contributed by atoms with Crippen molar-refractivity contribution in [1.82, 2.24) is 0 Å². The number of furan rings is 1. The maximum Gasteiger partial charge on any atom is 0.134 e. The van der Waals surface area contributed by atoms with Gasteiger partial charge in [-0.1, -0.05) is 37.3 Å². The van der Waals surface area contributed by atoms with Crippen LogP contribution < -0.4 is 5.73 Å². The summed E-state index contributed by atoms with van der Waals surface area (Å²) >= 11 is 0. The van der Waals surface area contributed by atoms with Crippen molar-refractivity contribution in [3.05, 3.63) is 48.2 Å². The van der Waals surface area contributed by atoms with E-state index in [2.05, 4.69) is 6.92 Å². The molecule has 0 aliphatic carbocycles. The molecule has 0 amide bonds. The van der Waals surface area contributed by atoms with Gasteiger partial charge >= 0.3 is 0 Å². The molecule has 1 atom stereocenters. The van der Waals surface area contributed by atoms with Gasteiger partial charge < -0.3 is 10.2 Å². The summed E-state index contributed by atoms with van der Waals surface area (Å²) in [5.74, 6) is 1.88. The Bertz CT molecular complexity index is 433. The Morgan fingerprint density at radius 2 is 1.88 bits per heavy atom. The minimum absolute atomic E-state index is 0.190. The van der Waals surface area contributed by atoms with Gasteiger partial charge in [0, 0.05) is 18.0 Å². The summed E-state index contributed by atoms with van der Waals surface area (Å²) in [5.41, 5.74) is 7.00. The lowest BCUT2D eigenvalue weighted by Gasteiger charge is -2.04. The van der Waals surface area contributed by atoms with Crippen molar-refractivity contribution in [3.63, 3.8) is 0 Å². The highest BCUT2D eigenvalue weighted by atomic mass is 16.3. The highest BCUT2D eigenvalue weighted by Gasteiger charge is 2.07. The third-order valence-electron chi connectivity index (χ3n) is 2.71. The molecule has 2 aromatic rings. The van der Waals surface area contributed by atoms with E-state index >= 15 is 0 Å². The second-order valence-corrected chi connectivity index (χ2v) is 4.00. The molecule has 0 bridgehead atoms. The van der Waals surface area contributed by atoms with Gasteiger partial charge in [-0.15, -0.1) is 0 Å². The lowest BCUT2D eigenvalue weighted by molar-refractivity contribution is 0.490. The first-order chi connectivity index (χ1) is 7.79. The van der Waals surface area contributed by atoms with Crippen LogP contribution >= 0.6 is 0 Å². The lowest BCUT2D eigenvalue weighted by Crippen LogP contribution is -2.20. The Hall–Kier alpha value is -1.54. The number of hydrogen-bond acceptors (Lipinski definition) is 2. The third-order valence-corrected chi connectivity index (χ3v) is 2.71. The van der Waals surface area contributed by atoms with Crippen LogP contribution in [0.2, 0.25) is 0 Å². The summed E-state index contributed by atoms with van der Waals surface area (Å²) in [4.78, 5) is 0. The van der Waals surface area contributed by atoms with E-state index in [1.165, 1.54) is 0 Å². The van der Waals surface area contributed by atoms with Crippen molar-refractivity contribution in [2.75, 3.05) is 0 Å². The van der Waals surface area contributed by atoms with Crippen LogP contribution in [0.3, 0.4) is 0 Å². The van der Waals surface area contributed by atoms with Crippen LogP contribution in [0, 0.1) is 0 Å². The van der Waals surface area contributed by atoms with Crippen molar-refractivity contribution in [1.29, 1.82) is 0 Å². The molecular weight excluding hydrogens is 198 g/mol. The maximum absolute atomic E-state index is 5.89. The first-order valence-electron chi connectivity index (χ1n) is 5.69. The molecule has 1 unspecified atom stereocenters. The number of benzene rings is 1. The fourth-order valence-electron chi connectivity index (χ4n) is 1.65. The first-order valence-corrected chi connectivity index (χ1v) is 5.69. The van der Waals surface area contributed by atoms with Gasteiger partial charge in [-0.05, 0) is 18.6 Å². The predicted octanol–water partition coefficient (Wildman–Crippen LogP) is 3.23. The Morgan fingerprint density at radius 1 is 1.12 bits per heavy atom. The molecule has 16 heavy (non-hydrogen) atoms. The van der Waals surface area contributed by atoms with Gasteiger partial charge in [0.05, 0.1) is 0 Å². The molecule has 0 fully saturated rings. The van der Waals surface area contributed by atoms with Crippen molar-refractivity contribution in [2.45, 2.75) is 25.8 Å². The quantitative estimate of drug-likeness (QED) is 0.850. The highest BCUT2D eigenvalue weighted by molar-refractivity contribution is 5.57. The van der Waals surface area contributed by atoms with Gasteiger partial charge in [-0.3, -0.25) is 0 Å². The summed E-state index contributed by atoms with van der Waals surface area (Å²) < 4.78 is 5.76. The fraction of sp³-hybridized carbons (Fsp3) is 0.286. The second kappa shape index (κ2) is 4.99. The molecule has 2 heteroatoms. The van der Waals surface area contributed by atoms with Gasteiger partial charge in [-0.25, -0.2) is 0 Å². The second-order valence-electron chi connectivity index (χ2n) is 4.00. The number of hydrogen-bond donors (Lipinski definition) is 1. The van der Waals surface area contributed by atoms with Crippen molar-refractivity contribution < 1.29 is 4.42 Å². The van der Waals surface area contributed by atoms with Crippen LogP contribution in [0.25, 0.3) is 11.3 Å². The largest absolute Gasteiger partial charge is 0.461 e. The first kappa shape index (κ1) is 11.0. The maximum atomic E-state index is 5.89. The Kier molecular flexibility index (Phi) is 3.42. The zero-order valence-electron chi connectivity index (χ0n) is 9.52. The zero-order valence-corrected chi connectivity index (χ0v) is 9.52. The molecule has 1 aromatic carbocycles. The zero-order chi connectivity index (χ0) is 11.4. The van der Waals surface area contributed by atoms with Crippen LogP contribution in [0.5, 0.6) is 0 Å². The molecule has 2 rings (SSSR count). The van der Waals surface area contributed by atoms with E-state index in [-0.39, 0.29) is 6.04 Å². The van der Waals surface area contributed by atoms with E-state index in [0.717, 1.165) is 29.9 Å². The Labute approximate surface area is 96.1 Å². The standard InChI is InChI=1S/C14H17NO/c1-2-12(15)10-13-8-9-14(16-13)11-6-4-3-5-7-11/h3-9,12H,2,10,15H2,1H3. The minimum Gasteiger partial charge on any atom is -0.461 e. The topological polar surface area (TPSA) is 39.2 Å². The normalized spacial score (nSPS) is 12.6. The molecule has 1 heterocycles. The summed E-state index contributed by atoms with van der Waals surface area (Å²) in [6.07, 6.45) is 1.78. The minimum atomic E-state index is 0.190. The third kappa shape index (κ3) is 2.52. The molecular formula is C14H17NO. The monoisotopic (exact) mass is 215 g/mol. The average molecular weight is 215 g/mol. The molecule has 0 radical (unpaired) electrons. The van der Waals surface area contributed by atoms with Crippen molar-refractivity contribution in [3.8, 4) is 11.3 Å². The van der Waals surface area contributed by atoms with Crippen LogP contribution in [-0.4, -0.2) is 6.04 Å². The van der Waals surface area contributed by atoms with E-state index in [0.29, 0.717) is 0 Å². The summed E-state index contributed by atoms with van der Waals surface area (Å²) in [5, 5.41) is 0.